The van der Waals surface area contributed by atoms with E-state index in [9.17, 15) is 0 Å². The number of nitriles is 1. The smallest absolute Gasteiger partial charge is 0.253 e. The summed E-state index contributed by atoms with van der Waals surface area (Å²) < 4.78 is 15.7. The van der Waals surface area contributed by atoms with Gasteiger partial charge >= 0.3 is 0 Å². The van der Waals surface area contributed by atoms with Gasteiger partial charge in [-0.1, -0.05) is 0 Å². The van der Waals surface area contributed by atoms with E-state index in [1.54, 1.807) is 25.1 Å². The minimum Gasteiger partial charge on any atom is -0.497 e. The van der Waals surface area contributed by atoms with Gasteiger partial charge in [-0.05, 0) is 12.1 Å². The van der Waals surface area contributed by atoms with Crippen molar-refractivity contribution in [3.63, 3.8) is 0 Å². The van der Waals surface area contributed by atoms with E-state index in [0.29, 0.717) is 28.8 Å². The lowest BCUT2D eigenvalue weighted by Crippen LogP contribution is -1.97. The Morgan fingerprint density at radius 1 is 1.28 bits per heavy atom. The molecule has 6 nitrogen and oxygen atoms in total. The van der Waals surface area contributed by atoms with Crippen LogP contribution in [0.4, 0.5) is 0 Å². The van der Waals surface area contributed by atoms with E-state index >= 15 is 0 Å². The van der Waals surface area contributed by atoms with Crippen molar-refractivity contribution < 1.29 is 13.9 Å². The molecule has 0 spiro atoms. The zero-order valence-corrected chi connectivity index (χ0v) is 10.0. The third kappa shape index (κ3) is 2.77. The number of hydrogen-bond donors (Lipinski definition) is 0. The Kier molecular flexibility index (Phi) is 3.44. The molecule has 92 valence electrons. The Morgan fingerprint density at radius 3 is 2.67 bits per heavy atom. The minimum atomic E-state index is 0.152. The summed E-state index contributed by atoms with van der Waals surface area (Å²) in [5, 5.41) is 16.4. The number of methoxy groups -OCH3 is 1. The van der Waals surface area contributed by atoms with Gasteiger partial charge in [0.15, 0.2) is 6.61 Å². The first-order chi connectivity index (χ1) is 8.71. The predicted octanol–water partition coefficient (Wildman–Crippen LogP) is 1.84. The fraction of sp³-hybridized carbons (Fsp3) is 0.250. The van der Waals surface area contributed by atoms with E-state index in [0.717, 1.165) is 0 Å². The Hall–Kier alpha value is -2.55. The lowest BCUT2D eigenvalue weighted by atomic mass is 10.2. The van der Waals surface area contributed by atoms with Crippen molar-refractivity contribution >= 4 is 0 Å². The Bertz CT molecular complexity index is 586. The third-order valence-electron chi connectivity index (χ3n) is 2.18. The molecular weight excluding hydrogens is 234 g/mol. The molecule has 0 saturated carbocycles. The summed E-state index contributed by atoms with van der Waals surface area (Å²) in [5.74, 6) is 1.94. The van der Waals surface area contributed by atoms with Crippen molar-refractivity contribution in [1.29, 1.82) is 5.26 Å². The molecule has 0 saturated heterocycles. The predicted molar refractivity (Wildman–Crippen MR) is 61.1 cm³/mol. The molecule has 0 fully saturated rings. The van der Waals surface area contributed by atoms with Gasteiger partial charge in [-0.2, -0.15) is 5.26 Å². The van der Waals surface area contributed by atoms with Crippen LogP contribution in [0.5, 0.6) is 11.5 Å². The number of aromatic nitrogens is 2. The van der Waals surface area contributed by atoms with Crippen molar-refractivity contribution in [3.8, 4) is 17.6 Å². The molecule has 0 aliphatic heterocycles. The highest BCUT2D eigenvalue weighted by atomic mass is 16.5. The van der Waals surface area contributed by atoms with Gasteiger partial charge in [0.2, 0.25) is 5.89 Å². The molecule has 0 unspecified atom stereocenters. The van der Waals surface area contributed by atoms with Crippen LogP contribution >= 0.6 is 0 Å². The van der Waals surface area contributed by atoms with Gasteiger partial charge in [-0.15, -0.1) is 10.2 Å². The second kappa shape index (κ2) is 5.19. The number of ether oxygens (including phenoxy) is 2. The van der Waals surface area contributed by atoms with E-state index in [4.69, 9.17) is 19.2 Å². The quantitative estimate of drug-likeness (QED) is 0.817. The van der Waals surface area contributed by atoms with Gasteiger partial charge in [0.25, 0.3) is 5.89 Å². The van der Waals surface area contributed by atoms with Gasteiger partial charge < -0.3 is 13.9 Å². The highest BCUT2D eigenvalue weighted by Crippen LogP contribution is 2.23. The van der Waals surface area contributed by atoms with Crippen molar-refractivity contribution in [3.05, 3.63) is 35.5 Å². The first kappa shape index (κ1) is 11.9. The first-order valence-corrected chi connectivity index (χ1v) is 5.22. The molecule has 1 heterocycles. The third-order valence-corrected chi connectivity index (χ3v) is 2.18. The monoisotopic (exact) mass is 245 g/mol. The second-order valence-corrected chi connectivity index (χ2v) is 3.51. The van der Waals surface area contributed by atoms with Crippen LogP contribution in [0.25, 0.3) is 0 Å². The summed E-state index contributed by atoms with van der Waals surface area (Å²) in [7, 11) is 1.53. The van der Waals surface area contributed by atoms with Gasteiger partial charge in [0.1, 0.15) is 11.5 Å². The highest BCUT2D eigenvalue weighted by Gasteiger charge is 2.06. The molecule has 1 aromatic heterocycles. The van der Waals surface area contributed by atoms with E-state index in [2.05, 4.69) is 10.2 Å². The van der Waals surface area contributed by atoms with Crippen LogP contribution in [0.15, 0.2) is 22.6 Å². The van der Waals surface area contributed by atoms with Crippen molar-refractivity contribution in [1.82, 2.24) is 10.2 Å². The van der Waals surface area contributed by atoms with Crippen LogP contribution in [0, 0.1) is 18.3 Å². The van der Waals surface area contributed by atoms with E-state index in [-0.39, 0.29) is 6.61 Å². The zero-order chi connectivity index (χ0) is 13.0. The number of benzene rings is 1. The molecule has 0 atom stereocenters. The summed E-state index contributed by atoms with van der Waals surface area (Å²) >= 11 is 0. The van der Waals surface area contributed by atoms with Crippen LogP contribution in [0.1, 0.15) is 17.3 Å². The number of aryl methyl sites for hydroxylation is 1. The van der Waals surface area contributed by atoms with Crippen LogP contribution < -0.4 is 9.47 Å². The standard InChI is InChI=1S/C12H11N3O3/c1-8-14-15-12(18-8)7-17-11-4-9(6-13)3-10(5-11)16-2/h3-5H,7H2,1-2H3. The van der Waals surface area contributed by atoms with Gasteiger partial charge in [-0.3, -0.25) is 0 Å². The summed E-state index contributed by atoms with van der Waals surface area (Å²) in [6.07, 6.45) is 0. The fourth-order valence-corrected chi connectivity index (χ4v) is 1.38. The lowest BCUT2D eigenvalue weighted by Gasteiger charge is -2.06. The topological polar surface area (TPSA) is 81.2 Å². The molecule has 2 aromatic rings. The fourth-order valence-electron chi connectivity index (χ4n) is 1.38. The molecule has 6 heteroatoms. The maximum absolute atomic E-state index is 8.87. The molecule has 0 radical (unpaired) electrons. The number of rotatable bonds is 4. The summed E-state index contributed by atoms with van der Waals surface area (Å²) in [6.45, 7) is 1.86. The Morgan fingerprint density at radius 2 is 2.06 bits per heavy atom. The molecule has 18 heavy (non-hydrogen) atoms. The van der Waals surface area contributed by atoms with Gasteiger partial charge in [0.05, 0.1) is 18.7 Å². The van der Waals surface area contributed by atoms with Crippen molar-refractivity contribution in [2.45, 2.75) is 13.5 Å². The van der Waals surface area contributed by atoms with E-state index < -0.39 is 0 Å². The minimum absolute atomic E-state index is 0.152. The summed E-state index contributed by atoms with van der Waals surface area (Å²) in [5.41, 5.74) is 0.464. The Balaban J connectivity index is 2.11. The normalized spacial score (nSPS) is 9.83. The molecule has 0 aliphatic rings. The average molecular weight is 245 g/mol. The summed E-state index contributed by atoms with van der Waals surface area (Å²) in [6, 6.07) is 6.96. The van der Waals surface area contributed by atoms with Crippen LogP contribution in [0.2, 0.25) is 0 Å². The van der Waals surface area contributed by atoms with Gasteiger partial charge in [0, 0.05) is 13.0 Å². The van der Waals surface area contributed by atoms with E-state index in [1.165, 1.54) is 7.11 Å². The number of nitrogens with zero attached hydrogens (tertiary/aromatic N) is 3. The maximum atomic E-state index is 8.87. The lowest BCUT2D eigenvalue weighted by molar-refractivity contribution is 0.259. The van der Waals surface area contributed by atoms with Crippen LogP contribution in [-0.2, 0) is 6.61 Å². The van der Waals surface area contributed by atoms with Gasteiger partial charge in [-0.25, -0.2) is 0 Å². The average Bonchev–Trinajstić information content (AvgIpc) is 2.81. The van der Waals surface area contributed by atoms with E-state index in [1.807, 2.05) is 6.07 Å². The molecule has 0 bridgehead atoms. The molecular formula is C12H11N3O3. The molecule has 2 rings (SSSR count). The first-order valence-electron chi connectivity index (χ1n) is 5.22. The van der Waals surface area contributed by atoms with Crippen LogP contribution in [-0.4, -0.2) is 17.3 Å². The number of hydrogen-bond acceptors (Lipinski definition) is 6. The second-order valence-electron chi connectivity index (χ2n) is 3.51. The molecule has 1 aromatic carbocycles. The highest BCUT2D eigenvalue weighted by molar-refractivity contribution is 5.43. The summed E-state index contributed by atoms with van der Waals surface area (Å²) in [4.78, 5) is 0. The molecule has 0 N–H and O–H groups in total. The van der Waals surface area contributed by atoms with Crippen LogP contribution in [0.3, 0.4) is 0 Å². The Labute approximate surface area is 104 Å². The SMILES string of the molecule is COc1cc(C#N)cc(OCc2nnc(C)o2)c1. The van der Waals surface area contributed by atoms with Crippen molar-refractivity contribution in [2.75, 3.05) is 7.11 Å². The van der Waals surface area contributed by atoms with Crippen molar-refractivity contribution in [2.24, 2.45) is 0 Å². The molecule has 0 amide bonds. The zero-order valence-electron chi connectivity index (χ0n) is 10.0. The largest absolute Gasteiger partial charge is 0.497 e. The molecule has 0 aliphatic carbocycles. The maximum Gasteiger partial charge on any atom is 0.253 e.